The summed E-state index contributed by atoms with van der Waals surface area (Å²) in [7, 11) is 1.38. The summed E-state index contributed by atoms with van der Waals surface area (Å²) < 4.78 is 4.78. The summed E-state index contributed by atoms with van der Waals surface area (Å²) in [6.45, 7) is 4.28. The minimum absolute atomic E-state index is 0.191. The summed E-state index contributed by atoms with van der Waals surface area (Å²) >= 11 is 1.54. The number of hydrogen-bond donors (Lipinski definition) is 3. The van der Waals surface area contributed by atoms with Gasteiger partial charge >= 0.3 is 5.97 Å². The summed E-state index contributed by atoms with van der Waals surface area (Å²) in [5.41, 5.74) is 6.88. The van der Waals surface area contributed by atoms with Gasteiger partial charge in [-0.25, -0.2) is 4.79 Å². The molecular weight excluding hydrogens is 633 g/mol. The van der Waals surface area contributed by atoms with E-state index < -0.39 is 0 Å². The van der Waals surface area contributed by atoms with Crippen LogP contribution in [-0.4, -0.2) is 55.5 Å². The molecule has 0 spiro atoms. The minimum atomic E-state index is -0.338. The molecule has 3 aliphatic heterocycles. The summed E-state index contributed by atoms with van der Waals surface area (Å²) in [6, 6.07) is 23.7. The minimum Gasteiger partial charge on any atom is -0.465 e. The van der Waals surface area contributed by atoms with Gasteiger partial charge in [0.15, 0.2) is 0 Å². The van der Waals surface area contributed by atoms with Crippen molar-refractivity contribution in [1.82, 2.24) is 10.2 Å². The fourth-order valence-corrected chi connectivity index (χ4v) is 8.78. The Hall–Kier alpha value is -4.31. The largest absolute Gasteiger partial charge is 0.465 e. The number of rotatable bonds is 11. The van der Waals surface area contributed by atoms with E-state index in [1.807, 2.05) is 54.6 Å². The summed E-state index contributed by atoms with van der Waals surface area (Å²) in [6.07, 6.45) is 8.08. The SMILES string of the molecule is COC(=O)c1ccc(CCc2ccc(NC(=O)c3c(NC(=O)c4cccc(CN[C@H]5CN6CCC5CC6)c4)sc4c3CCCC4)cc2)cc1. The monoisotopic (exact) mass is 676 g/mol. The van der Waals surface area contributed by atoms with Crippen LogP contribution >= 0.6 is 11.3 Å². The molecule has 0 unspecified atom stereocenters. The Morgan fingerprint density at radius 1 is 0.816 bits per heavy atom. The van der Waals surface area contributed by atoms with Gasteiger partial charge < -0.3 is 25.6 Å². The maximum Gasteiger partial charge on any atom is 0.337 e. The maximum atomic E-state index is 13.8. The molecule has 8 nitrogen and oxygen atoms in total. The standard InChI is InChI=1S/C40H44N4O4S/c1-48-40(47)30-15-11-26(12-16-30)9-10-27-13-17-32(18-14-27)42-38(46)36-33-7-2-3-8-35(33)49-39(36)43-37(45)31-6-4-5-28(23-31)24-41-34-25-44-21-19-29(34)20-22-44/h4-6,11-18,23,29,34,41H,2-3,7-10,19-22,24-25H2,1H3,(H,42,46)(H,43,45)/t34-/m0/s1. The molecule has 8 rings (SSSR count). The Morgan fingerprint density at radius 3 is 2.22 bits per heavy atom. The van der Waals surface area contributed by atoms with Crippen molar-refractivity contribution >= 4 is 39.8 Å². The van der Waals surface area contributed by atoms with Crippen molar-refractivity contribution in [1.29, 1.82) is 0 Å². The number of hydrogen-bond acceptors (Lipinski definition) is 7. The van der Waals surface area contributed by atoms with Gasteiger partial charge in [0.2, 0.25) is 0 Å². The van der Waals surface area contributed by atoms with Crippen LogP contribution in [-0.2, 0) is 37.0 Å². The lowest BCUT2D eigenvalue weighted by Gasteiger charge is -2.45. The number of methoxy groups -OCH3 is 1. The third kappa shape index (κ3) is 7.80. The van der Waals surface area contributed by atoms with Gasteiger partial charge in [-0.1, -0.05) is 36.4 Å². The van der Waals surface area contributed by atoms with E-state index in [2.05, 4.69) is 26.9 Å². The Bertz CT molecular complexity index is 1810. The highest BCUT2D eigenvalue weighted by Crippen LogP contribution is 2.39. The van der Waals surface area contributed by atoms with Gasteiger partial charge in [-0.3, -0.25) is 9.59 Å². The molecule has 254 valence electrons. The molecule has 3 fully saturated rings. The second-order valence-corrected chi connectivity index (χ2v) is 14.6. The number of carbonyl (C=O) groups excluding carboxylic acids is 3. The zero-order chi connectivity index (χ0) is 33.7. The third-order valence-corrected chi connectivity index (χ3v) is 11.5. The van der Waals surface area contributed by atoms with Crippen LogP contribution in [0.5, 0.6) is 0 Å². The summed E-state index contributed by atoms with van der Waals surface area (Å²) in [5.74, 6) is 0.0219. The second kappa shape index (κ2) is 15.1. The van der Waals surface area contributed by atoms with Crippen LogP contribution in [0.15, 0.2) is 72.8 Å². The second-order valence-electron chi connectivity index (χ2n) is 13.5. The first-order valence-corrected chi connectivity index (χ1v) is 18.3. The van der Waals surface area contributed by atoms with Gasteiger partial charge in [0.1, 0.15) is 5.00 Å². The normalized spacial score (nSPS) is 19.6. The molecule has 2 amide bonds. The molecule has 0 saturated carbocycles. The van der Waals surface area contributed by atoms with Crippen LogP contribution in [0.4, 0.5) is 10.7 Å². The first-order chi connectivity index (χ1) is 23.9. The average Bonchev–Trinajstić information content (AvgIpc) is 3.52. The highest BCUT2D eigenvalue weighted by atomic mass is 32.1. The van der Waals surface area contributed by atoms with Crippen molar-refractivity contribution in [2.75, 3.05) is 37.4 Å². The third-order valence-electron chi connectivity index (χ3n) is 10.3. The van der Waals surface area contributed by atoms with Crippen LogP contribution in [0, 0.1) is 5.92 Å². The number of carbonyl (C=O) groups is 3. The van der Waals surface area contributed by atoms with Crippen molar-refractivity contribution in [3.05, 3.63) is 117 Å². The smallest absolute Gasteiger partial charge is 0.337 e. The molecule has 4 aliphatic rings. The van der Waals surface area contributed by atoms with E-state index in [4.69, 9.17) is 4.74 Å². The number of piperidine rings is 3. The number of aryl methyl sites for hydroxylation is 3. The van der Waals surface area contributed by atoms with Crippen molar-refractivity contribution in [3.8, 4) is 0 Å². The van der Waals surface area contributed by atoms with E-state index in [-0.39, 0.29) is 17.8 Å². The lowest BCUT2D eigenvalue weighted by molar-refractivity contribution is 0.0600. The van der Waals surface area contributed by atoms with Gasteiger partial charge in [-0.05, 0) is 129 Å². The average molecular weight is 677 g/mol. The number of nitrogens with one attached hydrogen (secondary N) is 3. The number of benzene rings is 3. The zero-order valence-corrected chi connectivity index (χ0v) is 28.9. The number of esters is 1. The van der Waals surface area contributed by atoms with Gasteiger partial charge in [0.25, 0.3) is 11.8 Å². The van der Waals surface area contributed by atoms with Gasteiger partial charge in [-0.2, -0.15) is 0 Å². The van der Waals surface area contributed by atoms with E-state index in [0.29, 0.717) is 33.4 Å². The molecule has 0 radical (unpaired) electrons. The fourth-order valence-electron chi connectivity index (χ4n) is 7.50. The van der Waals surface area contributed by atoms with Crippen LogP contribution in [0.1, 0.15) is 83.9 Å². The molecule has 49 heavy (non-hydrogen) atoms. The number of amides is 2. The van der Waals surface area contributed by atoms with E-state index >= 15 is 0 Å². The Balaban J connectivity index is 0.990. The quantitative estimate of drug-likeness (QED) is 0.150. The highest BCUT2D eigenvalue weighted by molar-refractivity contribution is 7.17. The Morgan fingerprint density at radius 2 is 1.53 bits per heavy atom. The number of anilines is 2. The van der Waals surface area contributed by atoms with E-state index in [1.54, 1.807) is 12.1 Å². The molecule has 3 saturated heterocycles. The molecule has 2 bridgehead atoms. The Labute approximate surface area is 292 Å². The number of fused-ring (bicyclic) bond motifs is 4. The van der Waals surface area contributed by atoms with Crippen molar-refractivity contribution in [3.63, 3.8) is 0 Å². The number of nitrogens with zero attached hydrogens (tertiary/aromatic N) is 1. The van der Waals surface area contributed by atoms with Crippen LogP contribution in [0.2, 0.25) is 0 Å². The van der Waals surface area contributed by atoms with Crippen LogP contribution < -0.4 is 16.0 Å². The summed E-state index contributed by atoms with van der Waals surface area (Å²) in [4.78, 5) is 42.9. The first kappa shape index (κ1) is 33.2. The van der Waals surface area contributed by atoms with Gasteiger partial charge in [0, 0.05) is 35.3 Å². The molecule has 4 aromatic rings. The predicted octanol–water partition coefficient (Wildman–Crippen LogP) is 6.89. The van der Waals surface area contributed by atoms with Crippen molar-refractivity contribution in [2.24, 2.45) is 5.92 Å². The molecule has 3 aromatic carbocycles. The maximum absolute atomic E-state index is 13.8. The van der Waals surface area contributed by atoms with E-state index in [0.717, 1.165) is 79.8 Å². The van der Waals surface area contributed by atoms with E-state index in [1.165, 1.54) is 49.3 Å². The number of ether oxygens (including phenoxy) is 1. The zero-order valence-electron chi connectivity index (χ0n) is 28.1. The molecule has 9 heteroatoms. The lowest BCUT2D eigenvalue weighted by atomic mass is 9.84. The Kier molecular flexibility index (Phi) is 10.2. The molecule has 1 aromatic heterocycles. The lowest BCUT2D eigenvalue weighted by Crippen LogP contribution is -2.55. The van der Waals surface area contributed by atoms with Crippen molar-refractivity contribution < 1.29 is 19.1 Å². The predicted molar refractivity (Wildman–Crippen MR) is 195 cm³/mol. The summed E-state index contributed by atoms with van der Waals surface area (Å²) in [5, 5.41) is 10.6. The topological polar surface area (TPSA) is 99.8 Å². The first-order valence-electron chi connectivity index (χ1n) is 17.5. The molecule has 3 N–H and O–H groups in total. The van der Waals surface area contributed by atoms with Gasteiger partial charge in [-0.15, -0.1) is 11.3 Å². The molecule has 1 atom stereocenters. The van der Waals surface area contributed by atoms with Crippen molar-refractivity contribution in [2.45, 2.75) is 64.0 Å². The fraction of sp³-hybridized carbons (Fsp3) is 0.375. The van der Waals surface area contributed by atoms with Crippen LogP contribution in [0.25, 0.3) is 0 Å². The van der Waals surface area contributed by atoms with Gasteiger partial charge in [0.05, 0.1) is 18.2 Å². The van der Waals surface area contributed by atoms with E-state index in [9.17, 15) is 14.4 Å². The highest BCUT2D eigenvalue weighted by Gasteiger charge is 2.33. The number of thiophene rings is 1. The molecular formula is C40H44N4O4S. The molecule has 1 aliphatic carbocycles. The molecule has 4 heterocycles. The van der Waals surface area contributed by atoms with Crippen LogP contribution in [0.3, 0.4) is 0 Å².